The molecule has 13 aromatic rings. The van der Waals surface area contributed by atoms with Crippen LogP contribution in [0.3, 0.4) is 0 Å². The second-order valence-corrected chi connectivity index (χ2v) is 23.1. The van der Waals surface area contributed by atoms with Crippen LogP contribution >= 0.6 is 11.3 Å². The van der Waals surface area contributed by atoms with E-state index in [0.717, 1.165) is 50.0 Å². The number of thiophene rings is 1. The second kappa shape index (κ2) is 16.1. The number of anilines is 3. The molecule has 0 saturated heterocycles. The van der Waals surface area contributed by atoms with Crippen LogP contribution in [0.15, 0.2) is 194 Å². The Morgan fingerprint density at radius 2 is 1.23 bits per heavy atom. The molecule has 3 heterocycles. The highest BCUT2D eigenvalue weighted by atomic mass is 32.1. The van der Waals surface area contributed by atoms with Gasteiger partial charge in [0.25, 0.3) is 0 Å². The van der Waals surface area contributed by atoms with Gasteiger partial charge in [-0.15, -0.1) is 11.3 Å². The smallest absolute Gasteiger partial charge is 0.147 e. The Kier molecular flexibility index (Phi) is 9.69. The van der Waals surface area contributed by atoms with Crippen LogP contribution in [-0.2, 0) is 10.8 Å². The summed E-state index contributed by atoms with van der Waals surface area (Å²) < 4.78 is 24.0. The van der Waals surface area contributed by atoms with Crippen molar-refractivity contribution in [2.75, 3.05) is 4.90 Å². The molecular formula is C69H54FN3S. The predicted molar refractivity (Wildman–Crippen MR) is 314 cm³/mol. The highest BCUT2D eigenvalue weighted by Crippen LogP contribution is 2.55. The van der Waals surface area contributed by atoms with Crippen LogP contribution in [-0.4, -0.2) is 8.97 Å². The van der Waals surface area contributed by atoms with Crippen molar-refractivity contribution in [1.82, 2.24) is 8.97 Å². The van der Waals surface area contributed by atoms with Crippen molar-refractivity contribution in [3.8, 4) is 16.8 Å². The molecule has 14 rings (SSSR count). The van der Waals surface area contributed by atoms with Gasteiger partial charge in [-0.25, -0.2) is 4.39 Å². The van der Waals surface area contributed by atoms with Crippen LogP contribution in [0, 0.1) is 19.7 Å². The van der Waals surface area contributed by atoms with E-state index >= 15 is 4.39 Å². The zero-order valence-corrected chi connectivity index (χ0v) is 43.5. The lowest BCUT2D eigenvalue weighted by Crippen LogP contribution is -2.18. The molecule has 0 radical (unpaired) electrons. The number of nitrogens with zero attached hydrogens (tertiary/aromatic N) is 3. The summed E-state index contributed by atoms with van der Waals surface area (Å²) in [5, 5.41) is 9.60. The Labute approximate surface area is 434 Å². The molecule has 5 heteroatoms. The average Bonchev–Trinajstić information content (AvgIpc) is 4.07. The number of fused-ring (bicyclic) bond motifs is 9. The molecule has 1 aliphatic carbocycles. The molecule has 3 aromatic heterocycles. The van der Waals surface area contributed by atoms with E-state index in [4.69, 9.17) is 0 Å². The molecule has 74 heavy (non-hydrogen) atoms. The minimum atomic E-state index is -0.442. The summed E-state index contributed by atoms with van der Waals surface area (Å²) in [4.78, 5) is 2.12. The number of halogens is 1. The van der Waals surface area contributed by atoms with E-state index in [9.17, 15) is 0 Å². The molecule has 0 saturated carbocycles. The fourth-order valence-corrected chi connectivity index (χ4v) is 13.6. The fraction of sp³-hybridized carbons (Fsp3) is 0.130. The average molecular weight is 976 g/mol. The van der Waals surface area contributed by atoms with Crippen molar-refractivity contribution in [3.63, 3.8) is 0 Å². The van der Waals surface area contributed by atoms with Gasteiger partial charge >= 0.3 is 0 Å². The number of aromatic nitrogens is 2. The lowest BCUT2D eigenvalue weighted by molar-refractivity contribution is 0.590. The third-order valence-electron chi connectivity index (χ3n) is 16.2. The topological polar surface area (TPSA) is 12.6 Å². The summed E-state index contributed by atoms with van der Waals surface area (Å²) in [5.41, 5.74) is 17.1. The van der Waals surface area contributed by atoms with Crippen LogP contribution in [0.4, 0.5) is 21.5 Å². The minimum absolute atomic E-state index is 0.0205. The molecule has 2 bridgehead atoms. The Morgan fingerprint density at radius 3 is 2.03 bits per heavy atom. The van der Waals surface area contributed by atoms with Gasteiger partial charge in [-0.05, 0) is 153 Å². The number of hydrogen-bond donors (Lipinski definition) is 0. The summed E-state index contributed by atoms with van der Waals surface area (Å²) in [6.45, 7) is 15.6. The zero-order valence-electron chi connectivity index (χ0n) is 42.7. The van der Waals surface area contributed by atoms with Gasteiger partial charge < -0.3 is 13.9 Å². The largest absolute Gasteiger partial charge is 0.307 e. The molecular weight excluding hydrogens is 922 g/mol. The molecule has 358 valence electrons. The zero-order chi connectivity index (χ0) is 50.4. The number of benzene rings is 10. The molecule has 0 fully saturated rings. The number of aryl methyl sites for hydroxylation is 2. The van der Waals surface area contributed by atoms with Gasteiger partial charge in [0, 0.05) is 53.1 Å². The Bertz CT molecular complexity index is 4570. The summed E-state index contributed by atoms with van der Waals surface area (Å²) in [5.74, 6) is -0.250. The highest BCUT2D eigenvalue weighted by molar-refractivity contribution is 7.26. The van der Waals surface area contributed by atoms with E-state index in [1.807, 2.05) is 24.3 Å². The maximum atomic E-state index is 16.4. The molecule has 3 nitrogen and oxygen atoms in total. The van der Waals surface area contributed by atoms with Crippen LogP contribution in [0.5, 0.6) is 0 Å². The van der Waals surface area contributed by atoms with E-state index in [-0.39, 0.29) is 11.2 Å². The standard InChI is InChI=1S/C69H54FN3S/c1-41-17-8-9-19-43(41)38-60-44-29-36-62-53(37-44)65-58(26-16-28-63(65)74-62)72(59-27-15-23-51-49-21-12-13-25-57(49)73(60)67(51)59)61-40-55-64(50-22-11-10-20-48(50)61)52-35-34-47(39-54(52)69(55,6)7)71(66-42(2)18-14-24-56(66)70)46-32-30-45(31-33-46)68(3,4)5/h8-40H,1-7H3/b60-38+. The number of para-hydroxylation sites is 3. The fourth-order valence-electron chi connectivity index (χ4n) is 12.4. The lowest BCUT2D eigenvalue weighted by atomic mass is 9.81. The molecule has 0 aliphatic heterocycles. The van der Waals surface area contributed by atoms with Gasteiger partial charge in [-0.3, -0.25) is 0 Å². The maximum absolute atomic E-state index is 16.4. The molecule has 0 unspecified atom stereocenters. The monoisotopic (exact) mass is 975 g/mol. The number of rotatable bonds is 5. The van der Waals surface area contributed by atoms with Crippen molar-refractivity contribution in [3.05, 3.63) is 239 Å². The minimum Gasteiger partial charge on any atom is -0.307 e. The molecule has 10 aromatic carbocycles. The van der Waals surface area contributed by atoms with Crippen LogP contribution in [0.1, 0.15) is 68.0 Å². The van der Waals surface area contributed by atoms with Gasteiger partial charge in [0.2, 0.25) is 0 Å². The van der Waals surface area contributed by atoms with Crippen molar-refractivity contribution in [2.24, 2.45) is 0 Å². The highest BCUT2D eigenvalue weighted by Gasteiger charge is 2.38. The van der Waals surface area contributed by atoms with Gasteiger partial charge in [0.1, 0.15) is 5.82 Å². The van der Waals surface area contributed by atoms with Crippen LogP contribution < -0.4 is 10.2 Å². The molecule has 1 aliphatic rings. The van der Waals surface area contributed by atoms with E-state index in [0.29, 0.717) is 5.69 Å². The van der Waals surface area contributed by atoms with E-state index in [1.165, 1.54) is 86.0 Å². The van der Waals surface area contributed by atoms with Gasteiger partial charge in [-0.1, -0.05) is 156 Å². The van der Waals surface area contributed by atoms with Crippen molar-refractivity contribution in [1.29, 1.82) is 0 Å². The van der Waals surface area contributed by atoms with Gasteiger partial charge in [0.15, 0.2) is 0 Å². The quantitative estimate of drug-likeness (QED) is 0.167. The van der Waals surface area contributed by atoms with Gasteiger partial charge in [-0.2, -0.15) is 0 Å². The predicted octanol–water partition coefficient (Wildman–Crippen LogP) is 18.7. The number of hydrogen-bond acceptors (Lipinski definition) is 2. The van der Waals surface area contributed by atoms with Crippen LogP contribution in [0.2, 0.25) is 0 Å². The second-order valence-electron chi connectivity index (χ2n) is 22.0. The van der Waals surface area contributed by atoms with Crippen molar-refractivity contribution >= 4 is 104 Å². The molecule has 0 atom stereocenters. The van der Waals surface area contributed by atoms with E-state index in [1.54, 1.807) is 12.1 Å². The lowest BCUT2D eigenvalue weighted by Gasteiger charge is -2.30. The maximum Gasteiger partial charge on any atom is 0.147 e. The van der Waals surface area contributed by atoms with Crippen molar-refractivity contribution < 1.29 is 4.39 Å². The summed E-state index contributed by atoms with van der Waals surface area (Å²) in [6, 6.07) is 70.8. The SMILES string of the molecule is Cc1ccccc1/C=c1\c2ccc3sc4cccc(c4c3c2)n(-c2cc3c(c4ccccc24)-c2ccc(N(c4ccc(C(C)(C)C)cc4)c4c(C)cccc4F)cc2C3(C)C)c2cccc3c4ccccc4n1c32. The third-order valence-corrected chi connectivity index (χ3v) is 17.3. The first-order valence-corrected chi connectivity index (χ1v) is 26.6. The van der Waals surface area contributed by atoms with Crippen LogP contribution in [0.25, 0.3) is 92.1 Å². The van der Waals surface area contributed by atoms with E-state index in [2.05, 4.69) is 237 Å². The Hall–Kier alpha value is -8.25. The Morgan fingerprint density at radius 1 is 0.554 bits per heavy atom. The summed E-state index contributed by atoms with van der Waals surface area (Å²) in [6.07, 6.45) is 2.40. The molecule has 0 N–H and O–H groups in total. The molecule has 0 spiro atoms. The van der Waals surface area contributed by atoms with E-state index < -0.39 is 5.41 Å². The summed E-state index contributed by atoms with van der Waals surface area (Å²) >= 11 is 1.87. The van der Waals surface area contributed by atoms with Gasteiger partial charge in [0.05, 0.1) is 38.8 Å². The first-order chi connectivity index (χ1) is 35.8. The summed E-state index contributed by atoms with van der Waals surface area (Å²) in [7, 11) is 0. The normalized spacial score (nSPS) is 13.6. The van der Waals surface area contributed by atoms with Crippen molar-refractivity contribution in [2.45, 2.75) is 59.3 Å². The Balaban J connectivity index is 1.10. The first-order valence-electron chi connectivity index (χ1n) is 25.8. The first kappa shape index (κ1) is 44.5. The third kappa shape index (κ3) is 6.48. The molecule has 0 amide bonds.